The van der Waals surface area contributed by atoms with Gasteiger partial charge in [0.1, 0.15) is 5.76 Å². The van der Waals surface area contributed by atoms with E-state index in [1.165, 1.54) is 19.4 Å². The summed E-state index contributed by atoms with van der Waals surface area (Å²) in [6, 6.07) is 8.31. The van der Waals surface area contributed by atoms with Crippen LogP contribution >= 0.6 is 0 Å². The summed E-state index contributed by atoms with van der Waals surface area (Å²) in [5.41, 5.74) is 1.76. The Balaban J connectivity index is 1.78. The van der Waals surface area contributed by atoms with E-state index in [0.717, 1.165) is 5.56 Å². The minimum absolute atomic E-state index is 0.124. The van der Waals surface area contributed by atoms with Crippen molar-refractivity contribution >= 4 is 29.5 Å². The normalized spacial score (nSPS) is 10.5. The van der Waals surface area contributed by atoms with Crippen molar-refractivity contribution in [3.05, 3.63) is 59.6 Å². The summed E-state index contributed by atoms with van der Waals surface area (Å²) < 4.78 is 9.73. The van der Waals surface area contributed by atoms with Crippen LogP contribution in [0.15, 0.2) is 47.1 Å². The predicted octanol–water partition coefficient (Wildman–Crippen LogP) is 2.53. The summed E-state index contributed by atoms with van der Waals surface area (Å²) in [5, 5.41) is 5.37. The van der Waals surface area contributed by atoms with Gasteiger partial charge in [-0.15, -0.1) is 0 Å². The summed E-state index contributed by atoms with van der Waals surface area (Å²) in [7, 11) is 1.31. The summed E-state index contributed by atoms with van der Waals surface area (Å²) in [6.07, 6.45) is 4.52. The van der Waals surface area contributed by atoms with Crippen LogP contribution < -0.4 is 10.6 Å². The highest BCUT2D eigenvalue weighted by atomic mass is 16.5. The monoisotopic (exact) mass is 356 g/mol. The Labute approximate surface area is 151 Å². The van der Waals surface area contributed by atoms with Gasteiger partial charge < -0.3 is 19.8 Å². The fraction of sp³-hybridized carbons (Fsp3) is 0.211. The highest BCUT2D eigenvalue weighted by Gasteiger charge is 2.09. The van der Waals surface area contributed by atoms with Gasteiger partial charge in [-0.05, 0) is 48.9 Å². The highest BCUT2D eigenvalue weighted by molar-refractivity contribution is 5.95. The molecule has 2 amide bonds. The number of nitrogens with one attached hydrogen (secondary N) is 2. The molecule has 2 aromatic rings. The van der Waals surface area contributed by atoms with Crippen molar-refractivity contribution < 1.29 is 23.5 Å². The van der Waals surface area contributed by atoms with Crippen LogP contribution in [0.2, 0.25) is 0 Å². The van der Waals surface area contributed by atoms with Crippen LogP contribution in [0.1, 0.15) is 28.1 Å². The number of aryl methyl sites for hydroxylation is 1. The number of anilines is 1. The first-order valence-electron chi connectivity index (χ1n) is 7.98. The maximum Gasteiger partial charge on any atom is 0.337 e. The van der Waals surface area contributed by atoms with Gasteiger partial charge in [-0.3, -0.25) is 9.59 Å². The molecule has 26 heavy (non-hydrogen) atoms. The number of benzene rings is 1. The second kappa shape index (κ2) is 9.22. The number of esters is 1. The molecule has 0 unspecified atom stereocenters. The van der Waals surface area contributed by atoms with Crippen LogP contribution in [-0.4, -0.2) is 31.4 Å². The number of amides is 2. The van der Waals surface area contributed by atoms with Crippen LogP contribution in [0.3, 0.4) is 0 Å². The largest absolute Gasteiger partial charge is 0.465 e. The molecule has 7 heteroatoms. The number of rotatable bonds is 7. The molecule has 0 saturated carbocycles. The minimum Gasteiger partial charge on any atom is -0.465 e. The van der Waals surface area contributed by atoms with E-state index >= 15 is 0 Å². The fourth-order valence-electron chi connectivity index (χ4n) is 2.16. The molecule has 0 saturated heterocycles. The zero-order valence-electron chi connectivity index (χ0n) is 14.6. The molecule has 0 fully saturated rings. The summed E-state index contributed by atoms with van der Waals surface area (Å²) in [4.78, 5) is 35.1. The summed E-state index contributed by atoms with van der Waals surface area (Å²) >= 11 is 0. The number of carbonyl (C=O) groups excluding carboxylic acids is 3. The van der Waals surface area contributed by atoms with Gasteiger partial charge in [0.2, 0.25) is 11.8 Å². The average Bonchev–Trinajstić information content (AvgIpc) is 3.14. The van der Waals surface area contributed by atoms with Crippen LogP contribution in [0.25, 0.3) is 6.08 Å². The van der Waals surface area contributed by atoms with Crippen LogP contribution in [0.4, 0.5) is 5.69 Å². The number of carbonyl (C=O) groups is 3. The van der Waals surface area contributed by atoms with E-state index in [1.54, 1.807) is 43.3 Å². The fourth-order valence-corrected chi connectivity index (χ4v) is 2.16. The lowest BCUT2D eigenvalue weighted by Crippen LogP contribution is -2.26. The molecule has 2 rings (SSSR count). The smallest absolute Gasteiger partial charge is 0.337 e. The standard InChI is InChI=1S/C19H20N2O5/c1-13-12-14(19(24)25-2)5-7-16(13)21-18(23)9-10-20-17(22)8-6-15-4-3-11-26-15/h3-8,11-12H,9-10H2,1-2H3,(H,20,22)(H,21,23)/b8-6+. The van der Waals surface area contributed by atoms with Gasteiger partial charge in [0.15, 0.2) is 0 Å². The van der Waals surface area contributed by atoms with Crippen molar-refractivity contribution in [2.75, 3.05) is 19.0 Å². The van der Waals surface area contributed by atoms with E-state index in [0.29, 0.717) is 17.0 Å². The van der Waals surface area contributed by atoms with E-state index in [2.05, 4.69) is 15.4 Å². The third kappa shape index (κ3) is 5.62. The first-order chi connectivity index (χ1) is 12.5. The zero-order valence-corrected chi connectivity index (χ0v) is 14.6. The Morgan fingerprint density at radius 3 is 2.69 bits per heavy atom. The first-order valence-corrected chi connectivity index (χ1v) is 7.98. The number of hydrogen-bond acceptors (Lipinski definition) is 5. The Morgan fingerprint density at radius 2 is 2.04 bits per heavy atom. The summed E-state index contributed by atoms with van der Waals surface area (Å²) in [6.45, 7) is 1.98. The van der Waals surface area contributed by atoms with Gasteiger partial charge in [-0.1, -0.05) is 0 Å². The quantitative estimate of drug-likeness (QED) is 0.587. The predicted molar refractivity (Wildman–Crippen MR) is 96.5 cm³/mol. The van der Waals surface area contributed by atoms with Crippen LogP contribution in [0.5, 0.6) is 0 Å². The Hall–Kier alpha value is -3.35. The molecule has 0 aliphatic rings. The van der Waals surface area contributed by atoms with Gasteiger partial charge in [0.25, 0.3) is 0 Å². The minimum atomic E-state index is -0.434. The van der Waals surface area contributed by atoms with Gasteiger partial charge in [-0.25, -0.2) is 4.79 Å². The van der Waals surface area contributed by atoms with Crippen molar-refractivity contribution in [2.24, 2.45) is 0 Å². The molecule has 1 heterocycles. The molecule has 1 aromatic carbocycles. The van der Waals surface area contributed by atoms with Crippen molar-refractivity contribution in [1.29, 1.82) is 0 Å². The van der Waals surface area contributed by atoms with E-state index in [1.807, 2.05) is 0 Å². The SMILES string of the molecule is COC(=O)c1ccc(NC(=O)CCNC(=O)/C=C/c2ccco2)c(C)c1. The molecule has 0 aliphatic carbocycles. The number of ether oxygens (including phenoxy) is 1. The molecule has 7 nitrogen and oxygen atoms in total. The second-order valence-electron chi connectivity index (χ2n) is 5.46. The molecule has 0 atom stereocenters. The van der Waals surface area contributed by atoms with Crippen molar-refractivity contribution in [1.82, 2.24) is 5.32 Å². The molecule has 136 valence electrons. The molecular weight excluding hydrogens is 336 g/mol. The molecule has 1 aromatic heterocycles. The highest BCUT2D eigenvalue weighted by Crippen LogP contribution is 2.17. The molecule has 2 N–H and O–H groups in total. The number of hydrogen-bond donors (Lipinski definition) is 2. The molecule has 0 radical (unpaired) electrons. The van der Waals surface area contributed by atoms with Gasteiger partial charge >= 0.3 is 5.97 Å². The Bertz CT molecular complexity index is 809. The number of furan rings is 1. The van der Waals surface area contributed by atoms with E-state index < -0.39 is 5.97 Å². The van der Waals surface area contributed by atoms with E-state index in [4.69, 9.17) is 4.42 Å². The Kier molecular flexibility index (Phi) is 6.73. The van der Waals surface area contributed by atoms with Crippen LogP contribution in [-0.2, 0) is 14.3 Å². The zero-order chi connectivity index (χ0) is 18.9. The maximum absolute atomic E-state index is 12.0. The van der Waals surface area contributed by atoms with Gasteiger partial charge in [0, 0.05) is 24.7 Å². The number of methoxy groups -OCH3 is 1. The second-order valence-corrected chi connectivity index (χ2v) is 5.46. The average molecular weight is 356 g/mol. The lowest BCUT2D eigenvalue weighted by atomic mass is 10.1. The molecule has 0 bridgehead atoms. The van der Waals surface area contributed by atoms with Crippen molar-refractivity contribution in [3.63, 3.8) is 0 Å². The summed E-state index contributed by atoms with van der Waals surface area (Å²) in [5.74, 6) is -0.415. The Morgan fingerprint density at radius 1 is 1.23 bits per heavy atom. The van der Waals surface area contributed by atoms with Crippen molar-refractivity contribution in [3.8, 4) is 0 Å². The lowest BCUT2D eigenvalue weighted by molar-refractivity contribution is -0.117. The maximum atomic E-state index is 12.0. The molecule has 0 spiro atoms. The third-order valence-corrected chi connectivity index (χ3v) is 3.52. The van der Waals surface area contributed by atoms with E-state index in [-0.39, 0.29) is 24.8 Å². The van der Waals surface area contributed by atoms with Gasteiger partial charge in [0.05, 0.1) is 18.9 Å². The first kappa shape index (κ1) is 19.0. The topological polar surface area (TPSA) is 97.6 Å². The lowest BCUT2D eigenvalue weighted by Gasteiger charge is -2.10. The van der Waals surface area contributed by atoms with Crippen molar-refractivity contribution in [2.45, 2.75) is 13.3 Å². The molecular formula is C19H20N2O5. The van der Waals surface area contributed by atoms with Gasteiger partial charge in [-0.2, -0.15) is 0 Å². The van der Waals surface area contributed by atoms with E-state index in [9.17, 15) is 14.4 Å². The van der Waals surface area contributed by atoms with Crippen LogP contribution in [0, 0.1) is 6.92 Å². The molecule has 0 aliphatic heterocycles. The third-order valence-electron chi connectivity index (χ3n) is 3.52.